The first-order valence-corrected chi connectivity index (χ1v) is 9.06. The number of benzene rings is 2. The van der Waals surface area contributed by atoms with Crippen molar-refractivity contribution in [3.05, 3.63) is 71.3 Å². The van der Waals surface area contributed by atoms with Crippen molar-refractivity contribution in [1.29, 1.82) is 0 Å². The van der Waals surface area contributed by atoms with Crippen LogP contribution in [0.2, 0.25) is 0 Å². The summed E-state index contributed by atoms with van der Waals surface area (Å²) in [4.78, 5) is 16.6. The minimum atomic E-state index is -0.0564. The van der Waals surface area contributed by atoms with Gasteiger partial charge in [0.2, 0.25) is 0 Å². The number of carbonyl (C=O) groups is 1. The van der Waals surface area contributed by atoms with E-state index in [0.717, 1.165) is 24.9 Å². The first kappa shape index (κ1) is 23.0. The highest BCUT2D eigenvalue weighted by Crippen LogP contribution is 2.07. The average molecular weight is 480 g/mol. The summed E-state index contributed by atoms with van der Waals surface area (Å²) in [5.74, 6) is 0.356. The molecular formula is C21H29IN4O. The Kier molecular flexibility index (Phi) is 10.5. The molecule has 0 spiro atoms. The van der Waals surface area contributed by atoms with E-state index in [0.29, 0.717) is 18.1 Å². The Bertz CT molecular complexity index is 734. The molecule has 1 atom stereocenters. The summed E-state index contributed by atoms with van der Waals surface area (Å²) in [5, 5.41) is 6.09. The minimum absolute atomic E-state index is 0. The second kappa shape index (κ2) is 12.3. The number of nitrogens with one attached hydrogen (secondary N) is 2. The van der Waals surface area contributed by atoms with E-state index < -0.39 is 0 Å². The molecule has 2 aromatic rings. The first-order chi connectivity index (χ1) is 12.6. The summed E-state index contributed by atoms with van der Waals surface area (Å²) >= 11 is 0. The van der Waals surface area contributed by atoms with Crippen LogP contribution in [0.25, 0.3) is 0 Å². The predicted octanol–water partition coefficient (Wildman–Crippen LogP) is 3.48. The van der Waals surface area contributed by atoms with Crippen molar-refractivity contribution in [3.8, 4) is 0 Å². The second-order valence-electron chi connectivity index (χ2n) is 6.35. The molecule has 5 nitrogen and oxygen atoms in total. The zero-order valence-corrected chi connectivity index (χ0v) is 18.3. The molecule has 0 saturated carbocycles. The van der Waals surface area contributed by atoms with Gasteiger partial charge in [-0.2, -0.15) is 0 Å². The van der Waals surface area contributed by atoms with Gasteiger partial charge < -0.3 is 16.4 Å². The van der Waals surface area contributed by atoms with E-state index in [4.69, 9.17) is 5.73 Å². The average Bonchev–Trinajstić information content (AvgIpc) is 2.67. The molecular weight excluding hydrogens is 451 g/mol. The lowest BCUT2D eigenvalue weighted by Crippen LogP contribution is -2.33. The van der Waals surface area contributed by atoms with Gasteiger partial charge in [0, 0.05) is 18.2 Å². The monoisotopic (exact) mass is 480 g/mol. The van der Waals surface area contributed by atoms with Crippen LogP contribution in [0.1, 0.15) is 41.8 Å². The highest BCUT2D eigenvalue weighted by Gasteiger charge is 2.08. The van der Waals surface area contributed by atoms with E-state index >= 15 is 0 Å². The molecule has 1 unspecified atom stereocenters. The molecule has 4 N–H and O–H groups in total. The number of halogens is 1. The van der Waals surface area contributed by atoms with Gasteiger partial charge in [0.25, 0.3) is 5.91 Å². The molecule has 146 valence electrons. The van der Waals surface area contributed by atoms with Crippen LogP contribution in [-0.2, 0) is 13.0 Å². The third-order valence-corrected chi connectivity index (χ3v) is 4.17. The summed E-state index contributed by atoms with van der Waals surface area (Å²) in [6, 6.07) is 17.9. The van der Waals surface area contributed by atoms with Gasteiger partial charge in [-0.3, -0.25) is 4.79 Å². The normalized spacial score (nSPS) is 12.0. The fourth-order valence-electron chi connectivity index (χ4n) is 2.43. The molecule has 0 radical (unpaired) electrons. The summed E-state index contributed by atoms with van der Waals surface area (Å²) in [5.41, 5.74) is 8.78. The number of guanidine groups is 1. The van der Waals surface area contributed by atoms with Crippen LogP contribution >= 0.6 is 24.0 Å². The Morgan fingerprint density at radius 2 is 1.81 bits per heavy atom. The Morgan fingerprint density at radius 3 is 2.52 bits per heavy atom. The van der Waals surface area contributed by atoms with Crippen LogP contribution in [0, 0.1) is 0 Å². The number of nitrogens with zero attached hydrogens (tertiary/aromatic N) is 1. The maximum Gasteiger partial charge on any atom is 0.251 e. The van der Waals surface area contributed by atoms with Gasteiger partial charge in [-0.15, -0.1) is 24.0 Å². The fourth-order valence-corrected chi connectivity index (χ4v) is 2.43. The third kappa shape index (κ3) is 8.43. The molecule has 0 heterocycles. The van der Waals surface area contributed by atoms with Crippen molar-refractivity contribution in [2.24, 2.45) is 10.7 Å². The largest absolute Gasteiger partial charge is 0.370 e. The molecule has 2 aromatic carbocycles. The lowest BCUT2D eigenvalue weighted by molar-refractivity contribution is 0.0939. The molecule has 0 aliphatic carbocycles. The van der Waals surface area contributed by atoms with Crippen molar-refractivity contribution < 1.29 is 4.79 Å². The molecule has 0 aliphatic heterocycles. The quantitative estimate of drug-likeness (QED) is 0.308. The lowest BCUT2D eigenvalue weighted by Gasteiger charge is -2.11. The maximum atomic E-state index is 12.2. The van der Waals surface area contributed by atoms with Crippen molar-refractivity contribution in [3.63, 3.8) is 0 Å². The standard InChI is InChI=1S/C21H28N4O.HI/c1-3-16(2)25-20(26)19-11-7-10-18(14-19)15-24-21(22)23-13-12-17-8-5-4-6-9-17;/h4-11,14,16H,3,12-13,15H2,1-2H3,(H,25,26)(H3,22,23,24);1H. The van der Waals surface area contributed by atoms with Gasteiger partial charge in [-0.1, -0.05) is 49.4 Å². The van der Waals surface area contributed by atoms with Gasteiger partial charge in [-0.25, -0.2) is 4.99 Å². The van der Waals surface area contributed by atoms with Gasteiger partial charge in [0.05, 0.1) is 6.54 Å². The smallest absolute Gasteiger partial charge is 0.251 e. The number of hydrogen-bond acceptors (Lipinski definition) is 2. The SMILES string of the molecule is CCC(C)NC(=O)c1cccc(CN=C(N)NCCc2ccccc2)c1.I. The van der Waals surface area contributed by atoms with E-state index in [1.54, 1.807) is 0 Å². The molecule has 0 aliphatic rings. The number of hydrogen-bond donors (Lipinski definition) is 3. The molecule has 0 fully saturated rings. The van der Waals surface area contributed by atoms with Crippen molar-refractivity contribution >= 4 is 35.8 Å². The highest BCUT2D eigenvalue weighted by molar-refractivity contribution is 14.0. The van der Waals surface area contributed by atoms with Crippen LogP contribution < -0.4 is 16.4 Å². The van der Waals surface area contributed by atoms with Crippen molar-refractivity contribution in [1.82, 2.24) is 10.6 Å². The Labute approximate surface area is 178 Å². The van der Waals surface area contributed by atoms with Gasteiger partial charge in [0.1, 0.15) is 0 Å². The maximum absolute atomic E-state index is 12.2. The zero-order valence-electron chi connectivity index (χ0n) is 15.9. The van der Waals surface area contributed by atoms with E-state index in [9.17, 15) is 4.79 Å². The molecule has 27 heavy (non-hydrogen) atoms. The minimum Gasteiger partial charge on any atom is -0.370 e. The number of carbonyl (C=O) groups excluding carboxylic acids is 1. The van der Waals surface area contributed by atoms with E-state index in [2.05, 4.69) is 27.8 Å². The lowest BCUT2D eigenvalue weighted by atomic mass is 10.1. The van der Waals surface area contributed by atoms with E-state index in [-0.39, 0.29) is 35.9 Å². The summed E-state index contributed by atoms with van der Waals surface area (Å²) in [7, 11) is 0. The van der Waals surface area contributed by atoms with Crippen LogP contribution in [0.5, 0.6) is 0 Å². The molecule has 1 amide bonds. The second-order valence-corrected chi connectivity index (χ2v) is 6.35. The van der Waals surface area contributed by atoms with Gasteiger partial charge in [0.15, 0.2) is 5.96 Å². The summed E-state index contributed by atoms with van der Waals surface area (Å²) < 4.78 is 0. The third-order valence-electron chi connectivity index (χ3n) is 4.17. The highest BCUT2D eigenvalue weighted by atomic mass is 127. The van der Waals surface area contributed by atoms with Crippen molar-refractivity contribution in [2.75, 3.05) is 6.54 Å². The molecule has 6 heteroatoms. The van der Waals surface area contributed by atoms with Crippen LogP contribution in [0.15, 0.2) is 59.6 Å². The summed E-state index contributed by atoms with van der Waals surface area (Å²) in [6.45, 7) is 5.21. The predicted molar refractivity (Wildman–Crippen MR) is 123 cm³/mol. The Morgan fingerprint density at radius 1 is 1.11 bits per heavy atom. The van der Waals surface area contributed by atoms with E-state index in [1.165, 1.54) is 5.56 Å². The summed E-state index contributed by atoms with van der Waals surface area (Å²) in [6.07, 6.45) is 1.79. The van der Waals surface area contributed by atoms with Gasteiger partial charge in [-0.05, 0) is 43.0 Å². The number of nitrogens with two attached hydrogens (primary N) is 1. The molecule has 0 aromatic heterocycles. The first-order valence-electron chi connectivity index (χ1n) is 9.06. The number of rotatable bonds is 8. The number of aliphatic imine (C=N–C) groups is 1. The Hall–Kier alpha value is -2.09. The van der Waals surface area contributed by atoms with Crippen LogP contribution in [-0.4, -0.2) is 24.5 Å². The molecule has 0 bridgehead atoms. The molecule has 2 rings (SSSR count). The van der Waals surface area contributed by atoms with Crippen molar-refractivity contribution in [2.45, 2.75) is 39.3 Å². The van der Waals surface area contributed by atoms with Crippen LogP contribution in [0.4, 0.5) is 0 Å². The fraction of sp³-hybridized carbons (Fsp3) is 0.333. The zero-order chi connectivity index (χ0) is 18.8. The Balaban J connectivity index is 0.00000364. The topological polar surface area (TPSA) is 79.5 Å². The van der Waals surface area contributed by atoms with E-state index in [1.807, 2.05) is 56.3 Å². The number of amides is 1. The molecule has 0 saturated heterocycles. The van der Waals surface area contributed by atoms with Gasteiger partial charge >= 0.3 is 0 Å². The van der Waals surface area contributed by atoms with Crippen LogP contribution in [0.3, 0.4) is 0 Å².